The molecule has 3 N–H and O–H groups in total. The second-order valence-electron chi connectivity index (χ2n) is 21.5. The van der Waals surface area contributed by atoms with Gasteiger partial charge in [0.05, 0.1) is 18.8 Å². The van der Waals surface area contributed by atoms with Crippen molar-refractivity contribution in [2.75, 3.05) is 6.61 Å². The number of hydrogen-bond donors (Lipinski definition) is 3. The van der Waals surface area contributed by atoms with Gasteiger partial charge >= 0.3 is 0 Å². The van der Waals surface area contributed by atoms with Gasteiger partial charge in [-0.15, -0.1) is 0 Å². The lowest BCUT2D eigenvalue weighted by Crippen LogP contribution is -2.45. The molecule has 4 nitrogen and oxygen atoms in total. The minimum Gasteiger partial charge on any atom is -0.394 e. The molecule has 4 heteroatoms. The van der Waals surface area contributed by atoms with E-state index >= 15 is 0 Å². The van der Waals surface area contributed by atoms with Gasteiger partial charge in [-0.2, -0.15) is 0 Å². The fourth-order valence-corrected chi connectivity index (χ4v) is 10.2. The number of carbonyl (C=O) groups excluding carboxylic acids is 1. The maximum Gasteiger partial charge on any atom is 0.220 e. The maximum atomic E-state index is 12.5. The summed E-state index contributed by atoms with van der Waals surface area (Å²) >= 11 is 0. The molecule has 0 aliphatic heterocycles. The molecule has 0 bridgehead atoms. The lowest BCUT2D eigenvalue weighted by atomic mass is 10.0. The van der Waals surface area contributed by atoms with Crippen LogP contribution in [0.2, 0.25) is 0 Å². The first-order chi connectivity index (χ1) is 32.2. The number of rotatable bonds is 58. The van der Waals surface area contributed by atoms with Crippen molar-refractivity contribution < 1.29 is 15.0 Å². The van der Waals surface area contributed by atoms with Crippen LogP contribution in [0.4, 0.5) is 0 Å². The summed E-state index contributed by atoms with van der Waals surface area (Å²) in [7, 11) is 0. The predicted molar refractivity (Wildman–Crippen MR) is 290 cm³/mol. The average Bonchev–Trinajstić information content (AvgIpc) is 3.31. The summed E-state index contributed by atoms with van der Waals surface area (Å²) in [4.78, 5) is 12.5. The van der Waals surface area contributed by atoms with E-state index in [0.717, 1.165) is 25.7 Å². The zero-order chi connectivity index (χ0) is 47.0. The van der Waals surface area contributed by atoms with Gasteiger partial charge in [0.1, 0.15) is 0 Å². The second kappa shape index (κ2) is 57.7. The highest BCUT2D eigenvalue weighted by Gasteiger charge is 2.20. The van der Waals surface area contributed by atoms with Crippen LogP contribution >= 0.6 is 0 Å². The highest BCUT2D eigenvalue weighted by Crippen LogP contribution is 2.19. The smallest absolute Gasteiger partial charge is 0.220 e. The van der Waals surface area contributed by atoms with Gasteiger partial charge in [-0.05, 0) is 12.8 Å². The zero-order valence-electron chi connectivity index (χ0n) is 45.1. The van der Waals surface area contributed by atoms with Crippen LogP contribution in [0, 0.1) is 0 Å². The van der Waals surface area contributed by atoms with Gasteiger partial charge in [0, 0.05) is 6.42 Å². The minimum atomic E-state index is -0.655. The van der Waals surface area contributed by atoms with Gasteiger partial charge in [-0.25, -0.2) is 0 Å². The van der Waals surface area contributed by atoms with Crippen LogP contribution in [-0.2, 0) is 4.79 Å². The molecule has 0 aliphatic rings. The van der Waals surface area contributed by atoms with Crippen molar-refractivity contribution in [1.82, 2.24) is 5.32 Å². The quantitative estimate of drug-likeness (QED) is 0.0533. The number of aliphatic hydroxyl groups is 2. The molecule has 1 amide bonds. The fraction of sp³-hybridized carbons (Fsp3) is 0.984. The van der Waals surface area contributed by atoms with Crippen LogP contribution in [-0.4, -0.2) is 34.9 Å². The summed E-state index contributed by atoms with van der Waals surface area (Å²) in [6, 6.07) is -0.532. The molecule has 0 aromatic carbocycles. The standard InChI is InChI=1S/C61H123NO3/c1-3-5-7-9-11-13-15-17-19-21-23-25-27-29-30-31-33-34-36-38-40-42-44-46-48-50-52-54-56-60(64)59(58-63)62-61(65)57-55-53-51-49-47-45-43-41-39-37-35-32-28-26-24-22-20-18-16-14-12-10-8-6-4-2/h59-60,63-64H,3-58H2,1-2H3,(H,62,65). The number of aliphatic hydroxyl groups excluding tert-OH is 2. The molecule has 0 saturated heterocycles. The Morgan fingerprint density at radius 1 is 0.308 bits per heavy atom. The Morgan fingerprint density at radius 3 is 0.692 bits per heavy atom. The van der Waals surface area contributed by atoms with Gasteiger partial charge in [-0.3, -0.25) is 4.79 Å². The van der Waals surface area contributed by atoms with E-state index in [4.69, 9.17) is 0 Å². The Labute approximate surface area is 410 Å². The average molecular weight is 919 g/mol. The van der Waals surface area contributed by atoms with Crippen molar-refractivity contribution >= 4 is 5.91 Å². The van der Waals surface area contributed by atoms with Crippen molar-refractivity contribution in [2.45, 2.75) is 379 Å². The molecule has 0 spiro atoms. The Morgan fingerprint density at radius 2 is 0.492 bits per heavy atom. The van der Waals surface area contributed by atoms with E-state index in [1.165, 1.54) is 315 Å². The van der Waals surface area contributed by atoms with Crippen molar-refractivity contribution in [3.8, 4) is 0 Å². The third-order valence-electron chi connectivity index (χ3n) is 14.9. The van der Waals surface area contributed by atoms with Gasteiger partial charge < -0.3 is 15.5 Å². The van der Waals surface area contributed by atoms with E-state index in [9.17, 15) is 15.0 Å². The topological polar surface area (TPSA) is 69.6 Å². The largest absolute Gasteiger partial charge is 0.394 e. The first-order valence-corrected chi connectivity index (χ1v) is 30.7. The lowest BCUT2D eigenvalue weighted by molar-refractivity contribution is -0.123. The minimum absolute atomic E-state index is 0.0208. The fourth-order valence-electron chi connectivity index (χ4n) is 10.2. The number of hydrogen-bond acceptors (Lipinski definition) is 3. The molecule has 0 saturated carbocycles. The van der Waals surface area contributed by atoms with E-state index < -0.39 is 12.1 Å². The van der Waals surface area contributed by atoms with Crippen LogP contribution in [0.3, 0.4) is 0 Å². The van der Waals surface area contributed by atoms with Crippen molar-refractivity contribution in [2.24, 2.45) is 0 Å². The second-order valence-corrected chi connectivity index (χ2v) is 21.5. The molecule has 2 unspecified atom stereocenters. The number of unbranched alkanes of at least 4 members (excludes halogenated alkanes) is 51. The molecule has 0 aliphatic carbocycles. The molecule has 0 aromatic heterocycles. The van der Waals surface area contributed by atoms with Gasteiger partial charge in [0.2, 0.25) is 5.91 Å². The number of carbonyl (C=O) groups is 1. The summed E-state index contributed by atoms with van der Waals surface area (Å²) in [6.07, 6.45) is 74.1. The highest BCUT2D eigenvalue weighted by molar-refractivity contribution is 5.76. The van der Waals surface area contributed by atoms with Gasteiger partial charge in [0.15, 0.2) is 0 Å². The summed E-state index contributed by atoms with van der Waals surface area (Å²) < 4.78 is 0. The highest BCUT2D eigenvalue weighted by atomic mass is 16.3. The first-order valence-electron chi connectivity index (χ1n) is 30.7. The van der Waals surface area contributed by atoms with Crippen LogP contribution in [0.1, 0.15) is 367 Å². The van der Waals surface area contributed by atoms with Crippen LogP contribution in [0.5, 0.6) is 0 Å². The molecule has 0 aromatic rings. The number of nitrogens with one attached hydrogen (secondary N) is 1. The Kier molecular flexibility index (Phi) is 57.2. The van der Waals surface area contributed by atoms with Crippen LogP contribution in [0.15, 0.2) is 0 Å². The Hall–Kier alpha value is -0.610. The molecule has 0 rings (SSSR count). The van der Waals surface area contributed by atoms with E-state index in [-0.39, 0.29) is 12.5 Å². The molecule has 390 valence electrons. The molecule has 2 atom stereocenters. The molecule has 65 heavy (non-hydrogen) atoms. The maximum absolute atomic E-state index is 12.5. The SMILES string of the molecule is CCCCCCCCCCCCCCCCCCCCCCCCCCCCCCC(O)C(CO)NC(=O)CCCCCCCCCCCCCCCCCCCCCCCCCCC. The summed E-state index contributed by atoms with van der Waals surface area (Å²) in [5.74, 6) is -0.0208. The summed E-state index contributed by atoms with van der Waals surface area (Å²) in [5, 5.41) is 23.4. The lowest BCUT2D eigenvalue weighted by Gasteiger charge is -2.22. The van der Waals surface area contributed by atoms with E-state index in [0.29, 0.717) is 12.8 Å². The molecule has 0 fully saturated rings. The zero-order valence-corrected chi connectivity index (χ0v) is 45.1. The third kappa shape index (κ3) is 54.2. The van der Waals surface area contributed by atoms with Gasteiger partial charge in [0.25, 0.3) is 0 Å². The predicted octanol–water partition coefficient (Wildman–Crippen LogP) is 20.3. The van der Waals surface area contributed by atoms with E-state index in [2.05, 4.69) is 19.2 Å². The first kappa shape index (κ1) is 64.4. The monoisotopic (exact) mass is 918 g/mol. The third-order valence-corrected chi connectivity index (χ3v) is 14.9. The van der Waals surface area contributed by atoms with Gasteiger partial charge in [-0.1, -0.05) is 348 Å². The van der Waals surface area contributed by atoms with E-state index in [1.54, 1.807) is 0 Å². The van der Waals surface area contributed by atoms with Crippen molar-refractivity contribution in [3.05, 3.63) is 0 Å². The Bertz CT molecular complexity index is 864. The summed E-state index contributed by atoms with van der Waals surface area (Å²) in [5.41, 5.74) is 0. The van der Waals surface area contributed by atoms with Crippen molar-refractivity contribution in [1.29, 1.82) is 0 Å². The van der Waals surface area contributed by atoms with E-state index in [1.807, 2.05) is 0 Å². The summed E-state index contributed by atoms with van der Waals surface area (Å²) in [6.45, 7) is 4.41. The number of amides is 1. The Balaban J connectivity index is 3.38. The molecular formula is C61H123NO3. The normalized spacial score (nSPS) is 12.6. The molecule has 0 heterocycles. The van der Waals surface area contributed by atoms with Crippen LogP contribution < -0.4 is 5.32 Å². The van der Waals surface area contributed by atoms with Crippen molar-refractivity contribution in [3.63, 3.8) is 0 Å². The molecular weight excluding hydrogens is 795 g/mol. The molecule has 0 radical (unpaired) electrons. The van der Waals surface area contributed by atoms with Crippen LogP contribution in [0.25, 0.3) is 0 Å².